The topological polar surface area (TPSA) is 3.24 Å². The van der Waals surface area contributed by atoms with E-state index in [4.69, 9.17) is 0 Å². The second kappa shape index (κ2) is 4.62. The molecular weight excluding hydrogens is 257 g/mol. The van der Waals surface area contributed by atoms with Gasteiger partial charge in [0.25, 0.3) is 0 Å². The Kier molecular flexibility index (Phi) is 3.42. The van der Waals surface area contributed by atoms with Crippen molar-refractivity contribution >= 4 is 15.9 Å². The zero-order chi connectivity index (χ0) is 10.8. The molecule has 0 atom stereocenters. The molecule has 0 saturated heterocycles. The third kappa shape index (κ3) is 2.58. The van der Waals surface area contributed by atoms with Crippen molar-refractivity contribution in [3.05, 3.63) is 34.1 Å². The molecule has 82 valence electrons. The van der Waals surface area contributed by atoms with Crippen LogP contribution in [-0.2, 0) is 6.54 Å². The first-order chi connectivity index (χ1) is 7.16. The molecule has 1 nitrogen and oxygen atoms in total. The Balaban J connectivity index is 2.03. The van der Waals surface area contributed by atoms with E-state index in [2.05, 4.69) is 27.9 Å². The Bertz CT molecular complexity index is 349. The van der Waals surface area contributed by atoms with Crippen LogP contribution in [0.3, 0.4) is 0 Å². The summed E-state index contributed by atoms with van der Waals surface area (Å²) in [5.41, 5.74) is 0.785. The van der Waals surface area contributed by atoms with E-state index < -0.39 is 0 Å². The molecule has 0 N–H and O–H groups in total. The van der Waals surface area contributed by atoms with Crippen LogP contribution in [0.25, 0.3) is 0 Å². The summed E-state index contributed by atoms with van der Waals surface area (Å²) >= 11 is 3.26. The Labute approximate surface area is 98.4 Å². The average Bonchev–Trinajstić information content (AvgIpc) is 2.07. The van der Waals surface area contributed by atoms with Gasteiger partial charge in [-0.05, 0) is 32.0 Å². The molecule has 0 spiro atoms. The number of hydrogen-bond donors (Lipinski definition) is 0. The van der Waals surface area contributed by atoms with Gasteiger partial charge in [-0.25, -0.2) is 4.39 Å². The molecule has 1 fully saturated rings. The van der Waals surface area contributed by atoms with Gasteiger partial charge < -0.3 is 0 Å². The maximum atomic E-state index is 13.5. The molecule has 0 bridgehead atoms. The van der Waals surface area contributed by atoms with Crippen LogP contribution in [0.5, 0.6) is 0 Å². The largest absolute Gasteiger partial charge is 0.299 e. The third-order valence-corrected chi connectivity index (χ3v) is 3.63. The average molecular weight is 272 g/mol. The molecule has 1 aromatic carbocycles. The molecule has 0 unspecified atom stereocenters. The van der Waals surface area contributed by atoms with Gasteiger partial charge in [0.2, 0.25) is 0 Å². The molecule has 0 aromatic heterocycles. The van der Waals surface area contributed by atoms with Gasteiger partial charge in [0.05, 0.1) is 0 Å². The van der Waals surface area contributed by atoms with E-state index >= 15 is 0 Å². The minimum Gasteiger partial charge on any atom is -0.299 e. The molecule has 1 aliphatic rings. The van der Waals surface area contributed by atoms with Crippen molar-refractivity contribution in [3.8, 4) is 0 Å². The first-order valence-electron chi connectivity index (χ1n) is 5.31. The number of hydrogen-bond acceptors (Lipinski definition) is 1. The fraction of sp³-hybridized carbons (Fsp3) is 0.500. The van der Waals surface area contributed by atoms with Gasteiger partial charge in [-0.2, -0.15) is 0 Å². The monoisotopic (exact) mass is 271 g/mol. The van der Waals surface area contributed by atoms with E-state index in [9.17, 15) is 4.39 Å². The Morgan fingerprint density at radius 3 is 2.73 bits per heavy atom. The van der Waals surface area contributed by atoms with Crippen LogP contribution in [0.4, 0.5) is 4.39 Å². The predicted octanol–water partition coefficient (Wildman–Crippen LogP) is 3.57. The summed E-state index contributed by atoms with van der Waals surface area (Å²) in [5.74, 6) is -0.115. The van der Waals surface area contributed by atoms with Crippen molar-refractivity contribution in [2.45, 2.75) is 31.8 Å². The molecule has 1 aromatic rings. The summed E-state index contributed by atoms with van der Waals surface area (Å²) in [7, 11) is 2.07. The smallest absolute Gasteiger partial charge is 0.128 e. The summed E-state index contributed by atoms with van der Waals surface area (Å²) in [6.45, 7) is 0.712. The highest BCUT2D eigenvalue weighted by molar-refractivity contribution is 9.10. The standard InChI is InChI=1S/C12H15BrFN/c1-15(11-3-2-4-11)8-9-5-6-10(13)7-12(9)14/h5-7,11H,2-4,8H2,1H3. The van der Waals surface area contributed by atoms with Crippen molar-refractivity contribution < 1.29 is 4.39 Å². The molecular formula is C12H15BrFN. The quantitative estimate of drug-likeness (QED) is 0.813. The van der Waals surface area contributed by atoms with Crippen molar-refractivity contribution in [1.82, 2.24) is 4.90 Å². The lowest BCUT2D eigenvalue weighted by Gasteiger charge is -2.34. The second-order valence-electron chi connectivity index (χ2n) is 4.24. The summed E-state index contributed by atoms with van der Waals surface area (Å²) in [4.78, 5) is 2.25. The summed E-state index contributed by atoms with van der Waals surface area (Å²) in [6, 6.07) is 5.94. The minimum absolute atomic E-state index is 0.115. The second-order valence-corrected chi connectivity index (χ2v) is 5.15. The highest BCUT2D eigenvalue weighted by atomic mass is 79.9. The number of halogens is 2. The van der Waals surface area contributed by atoms with Crippen molar-refractivity contribution in [3.63, 3.8) is 0 Å². The van der Waals surface area contributed by atoms with Gasteiger partial charge in [0, 0.05) is 22.6 Å². The third-order valence-electron chi connectivity index (χ3n) is 3.13. The summed E-state index contributed by atoms with van der Waals surface area (Å²) in [5, 5.41) is 0. The molecule has 2 rings (SSSR count). The van der Waals surface area contributed by atoms with E-state index in [-0.39, 0.29) is 5.82 Å². The van der Waals surface area contributed by atoms with Crippen LogP contribution >= 0.6 is 15.9 Å². The first kappa shape index (κ1) is 11.1. The van der Waals surface area contributed by atoms with Gasteiger partial charge >= 0.3 is 0 Å². The summed E-state index contributed by atoms with van der Waals surface area (Å²) < 4.78 is 14.3. The fourth-order valence-electron chi connectivity index (χ4n) is 1.88. The SMILES string of the molecule is CN(Cc1ccc(Br)cc1F)C1CCC1. The highest BCUT2D eigenvalue weighted by Crippen LogP contribution is 2.25. The van der Waals surface area contributed by atoms with Crippen LogP contribution in [0, 0.1) is 5.82 Å². The van der Waals surface area contributed by atoms with Gasteiger partial charge in [0.15, 0.2) is 0 Å². The van der Waals surface area contributed by atoms with Crippen molar-refractivity contribution in [2.24, 2.45) is 0 Å². The normalized spacial score (nSPS) is 16.8. The first-order valence-corrected chi connectivity index (χ1v) is 6.10. The molecule has 3 heteroatoms. The van der Waals surface area contributed by atoms with Gasteiger partial charge in [-0.1, -0.05) is 28.4 Å². The molecule has 0 amide bonds. The fourth-order valence-corrected chi connectivity index (χ4v) is 2.21. The molecule has 1 saturated carbocycles. The van der Waals surface area contributed by atoms with E-state index in [0.717, 1.165) is 10.0 Å². The minimum atomic E-state index is -0.115. The molecule has 0 aliphatic heterocycles. The van der Waals surface area contributed by atoms with E-state index in [1.165, 1.54) is 25.3 Å². The van der Waals surface area contributed by atoms with Crippen LogP contribution in [0.15, 0.2) is 22.7 Å². The van der Waals surface area contributed by atoms with Gasteiger partial charge in [0.1, 0.15) is 5.82 Å². The Hall–Kier alpha value is -0.410. The lowest BCUT2D eigenvalue weighted by Crippen LogP contribution is -2.36. The van der Waals surface area contributed by atoms with Crippen molar-refractivity contribution in [1.29, 1.82) is 0 Å². The maximum Gasteiger partial charge on any atom is 0.128 e. The van der Waals surface area contributed by atoms with Crippen LogP contribution in [-0.4, -0.2) is 18.0 Å². The van der Waals surface area contributed by atoms with Crippen LogP contribution in [0.2, 0.25) is 0 Å². The molecule has 1 aliphatic carbocycles. The lowest BCUT2D eigenvalue weighted by molar-refractivity contribution is 0.151. The maximum absolute atomic E-state index is 13.5. The number of rotatable bonds is 3. The Morgan fingerprint density at radius 1 is 1.47 bits per heavy atom. The van der Waals surface area contributed by atoms with Gasteiger partial charge in [-0.15, -0.1) is 0 Å². The van der Waals surface area contributed by atoms with Gasteiger partial charge in [-0.3, -0.25) is 4.90 Å². The van der Waals surface area contributed by atoms with Crippen molar-refractivity contribution in [2.75, 3.05) is 7.05 Å². The predicted molar refractivity (Wildman–Crippen MR) is 63.2 cm³/mol. The lowest BCUT2D eigenvalue weighted by atomic mass is 9.91. The highest BCUT2D eigenvalue weighted by Gasteiger charge is 2.22. The van der Waals surface area contributed by atoms with E-state index in [1.807, 2.05) is 12.1 Å². The molecule has 0 heterocycles. The zero-order valence-corrected chi connectivity index (χ0v) is 10.4. The zero-order valence-electron chi connectivity index (χ0n) is 8.84. The number of benzene rings is 1. The molecule has 15 heavy (non-hydrogen) atoms. The molecule has 0 radical (unpaired) electrons. The van der Waals surface area contributed by atoms with Crippen LogP contribution in [0.1, 0.15) is 24.8 Å². The van der Waals surface area contributed by atoms with E-state index in [1.54, 1.807) is 0 Å². The number of nitrogens with zero attached hydrogens (tertiary/aromatic N) is 1. The Morgan fingerprint density at radius 2 is 2.20 bits per heavy atom. The summed E-state index contributed by atoms with van der Waals surface area (Å²) in [6.07, 6.45) is 3.83. The van der Waals surface area contributed by atoms with E-state index in [0.29, 0.717) is 12.6 Å². The van der Waals surface area contributed by atoms with Crippen LogP contribution < -0.4 is 0 Å².